The number of nitrogens with two attached hydrogens (primary N) is 2. The number of nitrogens with zero attached hydrogens (tertiary/aromatic N) is 1. The molecular weight excluding hydrogens is 166 g/mol. The van der Waals surface area contributed by atoms with Crippen LogP contribution in [0.25, 0.3) is 0 Å². The maximum atomic E-state index is 5.75. The lowest BCUT2D eigenvalue weighted by atomic mass is 10.1. The van der Waals surface area contributed by atoms with E-state index in [0.29, 0.717) is 11.6 Å². The SMILES string of the molecule is C=CC(N)c1cc(N)cnc1OC. The van der Waals surface area contributed by atoms with Crippen LogP contribution >= 0.6 is 0 Å². The number of methoxy groups -OCH3 is 1. The summed E-state index contributed by atoms with van der Waals surface area (Å²) >= 11 is 0. The van der Waals surface area contributed by atoms with E-state index in [2.05, 4.69) is 11.6 Å². The van der Waals surface area contributed by atoms with Crippen molar-refractivity contribution in [3.63, 3.8) is 0 Å². The molecule has 0 bridgehead atoms. The van der Waals surface area contributed by atoms with E-state index in [1.54, 1.807) is 12.1 Å². The number of anilines is 1. The Morgan fingerprint density at radius 2 is 2.38 bits per heavy atom. The molecule has 0 amide bonds. The van der Waals surface area contributed by atoms with E-state index < -0.39 is 0 Å². The lowest BCUT2D eigenvalue weighted by Crippen LogP contribution is -2.09. The molecule has 0 aliphatic carbocycles. The summed E-state index contributed by atoms with van der Waals surface area (Å²) in [4.78, 5) is 3.99. The van der Waals surface area contributed by atoms with Gasteiger partial charge in [-0.2, -0.15) is 0 Å². The molecule has 1 aromatic heterocycles. The molecule has 70 valence electrons. The van der Waals surface area contributed by atoms with E-state index in [0.717, 1.165) is 5.56 Å². The molecule has 13 heavy (non-hydrogen) atoms. The summed E-state index contributed by atoms with van der Waals surface area (Å²) in [6.45, 7) is 3.59. The molecule has 0 aliphatic heterocycles. The number of pyridine rings is 1. The summed E-state index contributed by atoms with van der Waals surface area (Å²) < 4.78 is 5.03. The minimum atomic E-state index is -0.300. The number of nitrogen functional groups attached to an aromatic ring is 1. The monoisotopic (exact) mass is 179 g/mol. The second-order valence-corrected chi connectivity index (χ2v) is 2.63. The van der Waals surface area contributed by atoms with Gasteiger partial charge in [-0.15, -0.1) is 6.58 Å². The van der Waals surface area contributed by atoms with E-state index in [-0.39, 0.29) is 6.04 Å². The minimum Gasteiger partial charge on any atom is -0.481 e. The number of rotatable bonds is 3. The predicted octanol–water partition coefficient (Wildman–Crippen LogP) is 0.858. The van der Waals surface area contributed by atoms with Crippen LogP contribution < -0.4 is 16.2 Å². The molecule has 0 fully saturated rings. The van der Waals surface area contributed by atoms with Crippen molar-refractivity contribution in [3.05, 3.63) is 30.5 Å². The van der Waals surface area contributed by atoms with Crippen molar-refractivity contribution >= 4 is 5.69 Å². The zero-order valence-electron chi connectivity index (χ0n) is 7.53. The Labute approximate surface area is 77.2 Å². The predicted molar refractivity (Wildman–Crippen MR) is 52.3 cm³/mol. The summed E-state index contributed by atoms with van der Waals surface area (Å²) in [5, 5.41) is 0. The van der Waals surface area contributed by atoms with Crippen LogP contribution in [0.1, 0.15) is 11.6 Å². The molecule has 0 radical (unpaired) electrons. The molecule has 0 aromatic carbocycles. The van der Waals surface area contributed by atoms with Crippen molar-refractivity contribution in [2.45, 2.75) is 6.04 Å². The number of hydrogen-bond donors (Lipinski definition) is 2. The molecule has 0 spiro atoms. The standard InChI is InChI=1S/C9H13N3O/c1-3-8(11)7-4-6(10)5-12-9(7)13-2/h3-5,8H,1,10-11H2,2H3. The first-order valence-electron chi connectivity index (χ1n) is 3.86. The van der Waals surface area contributed by atoms with E-state index >= 15 is 0 Å². The first-order valence-corrected chi connectivity index (χ1v) is 3.86. The maximum Gasteiger partial charge on any atom is 0.218 e. The summed E-state index contributed by atoms with van der Waals surface area (Å²) in [6, 6.07) is 1.43. The number of ether oxygens (including phenoxy) is 1. The van der Waals surface area contributed by atoms with Gasteiger partial charge in [0.1, 0.15) is 0 Å². The Balaban J connectivity index is 3.14. The lowest BCUT2D eigenvalue weighted by Gasteiger charge is -2.11. The third-order valence-corrected chi connectivity index (χ3v) is 1.71. The lowest BCUT2D eigenvalue weighted by molar-refractivity contribution is 0.391. The van der Waals surface area contributed by atoms with Gasteiger partial charge in [0, 0.05) is 5.56 Å². The fraction of sp³-hybridized carbons (Fsp3) is 0.222. The van der Waals surface area contributed by atoms with Crippen molar-refractivity contribution in [1.29, 1.82) is 0 Å². The van der Waals surface area contributed by atoms with Crippen molar-refractivity contribution < 1.29 is 4.74 Å². The molecule has 0 saturated carbocycles. The van der Waals surface area contributed by atoms with E-state index in [9.17, 15) is 0 Å². The molecular formula is C9H13N3O. The van der Waals surface area contributed by atoms with Gasteiger partial charge >= 0.3 is 0 Å². The Morgan fingerprint density at radius 3 is 2.92 bits per heavy atom. The summed E-state index contributed by atoms with van der Waals surface area (Å²) in [6.07, 6.45) is 3.14. The average Bonchev–Trinajstić information content (AvgIpc) is 2.16. The number of aromatic nitrogens is 1. The molecule has 0 aliphatic rings. The van der Waals surface area contributed by atoms with Gasteiger partial charge in [-0.1, -0.05) is 6.08 Å². The fourth-order valence-corrected chi connectivity index (χ4v) is 1.02. The van der Waals surface area contributed by atoms with Crippen LogP contribution in [-0.4, -0.2) is 12.1 Å². The quantitative estimate of drug-likeness (QED) is 0.675. The van der Waals surface area contributed by atoms with Crippen molar-refractivity contribution in [1.82, 2.24) is 4.98 Å². The second-order valence-electron chi connectivity index (χ2n) is 2.63. The fourth-order valence-electron chi connectivity index (χ4n) is 1.02. The zero-order chi connectivity index (χ0) is 9.84. The Morgan fingerprint density at radius 1 is 1.69 bits per heavy atom. The molecule has 4 N–H and O–H groups in total. The first kappa shape index (κ1) is 9.54. The zero-order valence-corrected chi connectivity index (χ0v) is 7.53. The van der Waals surface area contributed by atoms with Gasteiger partial charge < -0.3 is 16.2 Å². The average molecular weight is 179 g/mol. The highest BCUT2D eigenvalue weighted by Crippen LogP contribution is 2.23. The second kappa shape index (κ2) is 3.91. The molecule has 4 heteroatoms. The minimum absolute atomic E-state index is 0.300. The summed E-state index contributed by atoms with van der Waals surface area (Å²) in [5.74, 6) is 0.488. The first-order chi connectivity index (χ1) is 6.19. The third kappa shape index (κ3) is 1.97. The van der Waals surface area contributed by atoms with Crippen LogP contribution in [0.15, 0.2) is 24.9 Å². The van der Waals surface area contributed by atoms with Gasteiger partial charge in [0.05, 0.1) is 25.0 Å². The summed E-state index contributed by atoms with van der Waals surface area (Å²) in [5.41, 5.74) is 12.6. The highest BCUT2D eigenvalue weighted by atomic mass is 16.5. The molecule has 4 nitrogen and oxygen atoms in total. The van der Waals surface area contributed by atoms with Crippen molar-refractivity contribution in [3.8, 4) is 5.88 Å². The van der Waals surface area contributed by atoms with E-state index in [1.807, 2.05) is 0 Å². The van der Waals surface area contributed by atoms with Crippen molar-refractivity contribution in [2.75, 3.05) is 12.8 Å². The van der Waals surface area contributed by atoms with Gasteiger partial charge in [-0.05, 0) is 6.07 Å². The van der Waals surface area contributed by atoms with Crippen LogP contribution in [0.2, 0.25) is 0 Å². The number of hydrogen-bond acceptors (Lipinski definition) is 4. The maximum absolute atomic E-state index is 5.75. The molecule has 0 saturated heterocycles. The highest BCUT2D eigenvalue weighted by Gasteiger charge is 2.09. The van der Waals surface area contributed by atoms with Crippen LogP contribution in [0, 0.1) is 0 Å². The third-order valence-electron chi connectivity index (χ3n) is 1.71. The van der Waals surface area contributed by atoms with Crippen LogP contribution in [-0.2, 0) is 0 Å². The van der Waals surface area contributed by atoms with E-state index in [4.69, 9.17) is 16.2 Å². The van der Waals surface area contributed by atoms with Crippen LogP contribution in [0.3, 0.4) is 0 Å². The molecule has 1 unspecified atom stereocenters. The summed E-state index contributed by atoms with van der Waals surface area (Å²) in [7, 11) is 1.54. The highest BCUT2D eigenvalue weighted by molar-refractivity contribution is 5.44. The van der Waals surface area contributed by atoms with Crippen LogP contribution in [0.5, 0.6) is 5.88 Å². The Kier molecular flexibility index (Phi) is 2.87. The van der Waals surface area contributed by atoms with Gasteiger partial charge in [-0.3, -0.25) is 0 Å². The Bertz CT molecular complexity index is 312. The molecule has 1 aromatic rings. The van der Waals surface area contributed by atoms with E-state index in [1.165, 1.54) is 13.3 Å². The van der Waals surface area contributed by atoms with Gasteiger partial charge in [0.25, 0.3) is 0 Å². The largest absolute Gasteiger partial charge is 0.481 e. The van der Waals surface area contributed by atoms with Gasteiger partial charge in [0.15, 0.2) is 0 Å². The van der Waals surface area contributed by atoms with Gasteiger partial charge in [-0.25, -0.2) is 4.98 Å². The molecule has 1 atom stereocenters. The molecule has 1 rings (SSSR count). The van der Waals surface area contributed by atoms with Crippen LogP contribution in [0.4, 0.5) is 5.69 Å². The smallest absolute Gasteiger partial charge is 0.218 e. The van der Waals surface area contributed by atoms with Crippen molar-refractivity contribution in [2.24, 2.45) is 5.73 Å². The van der Waals surface area contributed by atoms with Gasteiger partial charge in [0.2, 0.25) is 5.88 Å². The normalized spacial score (nSPS) is 12.2. The molecule has 1 heterocycles. The topological polar surface area (TPSA) is 74.2 Å². The Hall–Kier alpha value is -1.55.